The van der Waals surface area contributed by atoms with Crippen LogP contribution in [0.15, 0.2) is 24.3 Å². The second kappa shape index (κ2) is 5.17. The Bertz CT molecular complexity index is 575. The molecule has 1 aromatic rings. The van der Waals surface area contributed by atoms with Crippen LogP contribution in [0.25, 0.3) is 0 Å². The van der Waals surface area contributed by atoms with Crippen LogP contribution in [-0.2, 0) is 16.0 Å². The Morgan fingerprint density at radius 3 is 2.57 bits per heavy atom. The maximum atomic E-state index is 13.1. The smallest absolute Gasteiger partial charge is 0.327 e. The van der Waals surface area contributed by atoms with Gasteiger partial charge < -0.3 is 5.11 Å². The van der Waals surface area contributed by atoms with E-state index >= 15 is 0 Å². The first kappa shape index (κ1) is 14.1. The molecule has 1 saturated carbocycles. The number of aliphatic carboxylic acids is 1. The number of nitrogens with zero attached hydrogens (tertiary/aromatic N) is 1. The summed E-state index contributed by atoms with van der Waals surface area (Å²) in [6.07, 6.45) is 5.09. The number of carboxylic acid groups (broad SMARTS) is 1. The fourth-order valence-corrected chi connectivity index (χ4v) is 3.86. The Labute approximate surface area is 124 Å². The van der Waals surface area contributed by atoms with Crippen LogP contribution < -0.4 is 4.90 Å². The maximum Gasteiger partial charge on any atom is 0.327 e. The molecule has 112 valence electrons. The summed E-state index contributed by atoms with van der Waals surface area (Å²) in [6.45, 7) is 2.04. The van der Waals surface area contributed by atoms with Gasteiger partial charge in [0.05, 0.1) is 0 Å². The molecular formula is C17H21NO3. The van der Waals surface area contributed by atoms with Crippen molar-refractivity contribution in [3.05, 3.63) is 29.8 Å². The molecule has 1 fully saturated rings. The van der Waals surface area contributed by atoms with E-state index in [-0.39, 0.29) is 11.3 Å². The lowest BCUT2D eigenvalue weighted by Crippen LogP contribution is -2.49. The van der Waals surface area contributed by atoms with Gasteiger partial charge in [-0.3, -0.25) is 9.69 Å². The van der Waals surface area contributed by atoms with E-state index < -0.39 is 12.0 Å². The monoisotopic (exact) mass is 287 g/mol. The summed E-state index contributed by atoms with van der Waals surface area (Å²) in [5.74, 6) is -0.899. The van der Waals surface area contributed by atoms with Crippen LogP contribution in [-0.4, -0.2) is 23.0 Å². The van der Waals surface area contributed by atoms with Crippen LogP contribution >= 0.6 is 0 Å². The predicted octanol–water partition coefficient (Wildman–Crippen LogP) is 3.00. The summed E-state index contributed by atoms with van der Waals surface area (Å²) in [6, 6.07) is 6.81. The molecular weight excluding hydrogens is 266 g/mol. The second-order valence-corrected chi connectivity index (χ2v) is 6.20. The number of hydrogen-bond donors (Lipinski definition) is 1. The van der Waals surface area contributed by atoms with E-state index in [0.717, 1.165) is 43.4 Å². The summed E-state index contributed by atoms with van der Waals surface area (Å²) < 4.78 is 0. The highest BCUT2D eigenvalue weighted by Gasteiger charge is 2.48. The van der Waals surface area contributed by atoms with Gasteiger partial charge in [-0.05, 0) is 30.9 Å². The minimum absolute atomic E-state index is 0.0138. The Morgan fingerprint density at radius 2 is 1.95 bits per heavy atom. The van der Waals surface area contributed by atoms with Gasteiger partial charge in [-0.1, -0.05) is 38.0 Å². The molecule has 1 atom stereocenters. The summed E-state index contributed by atoms with van der Waals surface area (Å²) in [4.78, 5) is 26.3. The highest BCUT2D eigenvalue weighted by atomic mass is 16.4. The largest absolute Gasteiger partial charge is 0.480 e. The van der Waals surface area contributed by atoms with Crippen molar-refractivity contribution in [1.82, 2.24) is 0 Å². The molecule has 1 aromatic carbocycles. The van der Waals surface area contributed by atoms with Crippen molar-refractivity contribution in [2.24, 2.45) is 5.41 Å². The van der Waals surface area contributed by atoms with Crippen LogP contribution in [0.4, 0.5) is 5.69 Å². The Balaban J connectivity index is 2.01. The van der Waals surface area contributed by atoms with Crippen molar-refractivity contribution < 1.29 is 14.7 Å². The average molecular weight is 287 g/mol. The highest BCUT2D eigenvalue weighted by Crippen LogP contribution is 2.45. The first-order valence-electron chi connectivity index (χ1n) is 7.73. The third-order valence-corrected chi connectivity index (χ3v) is 5.17. The Kier molecular flexibility index (Phi) is 3.47. The molecule has 1 aliphatic carbocycles. The number of amides is 1. The number of anilines is 1. The number of carbonyl (C=O) groups is 2. The number of hydrogen-bond acceptors (Lipinski definition) is 2. The number of carboxylic acids is 1. The van der Waals surface area contributed by atoms with Crippen LogP contribution in [0.3, 0.4) is 0 Å². The van der Waals surface area contributed by atoms with Gasteiger partial charge in [0.15, 0.2) is 0 Å². The standard InChI is InChI=1S/C17H21NO3/c1-2-17(9-5-6-10-17)16(21)18-13-8-4-3-7-12(13)11-14(18)15(19)20/h3-4,7-8,14H,2,5-6,9-11H2,1H3,(H,19,20)/t14-/m0/s1. The van der Waals surface area contributed by atoms with Crippen LogP contribution in [0.2, 0.25) is 0 Å². The second-order valence-electron chi connectivity index (χ2n) is 6.20. The third kappa shape index (κ3) is 2.13. The van der Waals surface area contributed by atoms with Gasteiger partial charge >= 0.3 is 5.97 Å². The molecule has 21 heavy (non-hydrogen) atoms. The Hall–Kier alpha value is -1.84. The number of fused-ring (bicyclic) bond motifs is 1. The molecule has 4 heteroatoms. The molecule has 1 N–H and O–H groups in total. The molecule has 2 aliphatic rings. The van der Waals surface area contributed by atoms with Crippen molar-refractivity contribution >= 4 is 17.6 Å². The van der Waals surface area contributed by atoms with Gasteiger partial charge in [-0.25, -0.2) is 4.79 Å². The van der Waals surface area contributed by atoms with E-state index in [4.69, 9.17) is 0 Å². The van der Waals surface area contributed by atoms with Gasteiger partial charge in [0.2, 0.25) is 5.91 Å². The molecule has 1 aliphatic heterocycles. The number of rotatable bonds is 3. The topological polar surface area (TPSA) is 57.6 Å². The van der Waals surface area contributed by atoms with Gasteiger partial charge in [-0.15, -0.1) is 0 Å². The van der Waals surface area contributed by atoms with Gasteiger partial charge in [-0.2, -0.15) is 0 Å². The van der Waals surface area contributed by atoms with Crippen LogP contribution in [0.5, 0.6) is 0 Å². The lowest BCUT2D eigenvalue weighted by Gasteiger charge is -2.34. The summed E-state index contributed by atoms with van der Waals surface area (Å²) >= 11 is 0. The number of carbonyl (C=O) groups excluding carboxylic acids is 1. The van der Waals surface area contributed by atoms with Gasteiger partial charge in [0, 0.05) is 17.5 Å². The van der Waals surface area contributed by atoms with Crippen molar-refractivity contribution in [2.75, 3.05) is 4.90 Å². The molecule has 0 radical (unpaired) electrons. The van der Waals surface area contributed by atoms with E-state index in [1.54, 1.807) is 4.90 Å². The molecule has 4 nitrogen and oxygen atoms in total. The molecule has 1 heterocycles. The van der Waals surface area contributed by atoms with Gasteiger partial charge in [0.25, 0.3) is 0 Å². The summed E-state index contributed by atoms with van der Waals surface area (Å²) in [5, 5.41) is 9.51. The molecule has 0 saturated heterocycles. The molecule has 0 spiro atoms. The molecule has 0 bridgehead atoms. The van der Waals surface area contributed by atoms with Crippen molar-refractivity contribution in [3.8, 4) is 0 Å². The van der Waals surface area contributed by atoms with Crippen LogP contribution in [0, 0.1) is 5.41 Å². The van der Waals surface area contributed by atoms with E-state index in [9.17, 15) is 14.7 Å². The predicted molar refractivity (Wildman–Crippen MR) is 80.2 cm³/mol. The molecule has 0 unspecified atom stereocenters. The third-order valence-electron chi connectivity index (χ3n) is 5.17. The minimum Gasteiger partial charge on any atom is -0.480 e. The van der Waals surface area contributed by atoms with Crippen molar-refractivity contribution in [2.45, 2.75) is 51.5 Å². The molecule has 0 aromatic heterocycles. The van der Waals surface area contributed by atoms with Crippen molar-refractivity contribution in [3.63, 3.8) is 0 Å². The van der Waals surface area contributed by atoms with E-state index in [1.165, 1.54) is 0 Å². The fourth-order valence-electron chi connectivity index (χ4n) is 3.86. The highest BCUT2D eigenvalue weighted by molar-refractivity contribution is 6.04. The normalized spacial score (nSPS) is 23.1. The summed E-state index contributed by atoms with van der Waals surface area (Å²) in [7, 11) is 0. The van der Waals surface area contributed by atoms with Crippen LogP contribution in [0.1, 0.15) is 44.6 Å². The molecule has 3 rings (SSSR count). The maximum absolute atomic E-state index is 13.1. The first-order chi connectivity index (χ1) is 10.1. The minimum atomic E-state index is -0.913. The Morgan fingerprint density at radius 1 is 1.29 bits per heavy atom. The van der Waals surface area contributed by atoms with Gasteiger partial charge in [0.1, 0.15) is 6.04 Å². The zero-order chi connectivity index (χ0) is 15.0. The van der Waals surface area contributed by atoms with E-state index in [0.29, 0.717) is 6.42 Å². The lowest BCUT2D eigenvalue weighted by atomic mass is 9.81. The fraction of sp³-hybridized carbons (Fsp3) is 0.529. The zero-order valence-electron chi connectivity index (χ0n) is 12.3. The number of benzene rings is 1. The van der Waals surface area contributed by atoms with E-state index in [2.05, 4.69) is 0 Å². The SMILES string of the molecule is CCC1(C(=O)N2c3ccccc3C[C@H]2C(=O)O)CCCC1. The van der Waals surface area contributed by atoms with E-state index in [1.807, 2.05) is 31.2 Å². The molecule has 1 amide bonds. The average Bonchev–Trinajstić information content (AvgIpc) is 3.11. The first-order valence-corrected chi connectivity index (χ1v) is 7.73. The zero-order valence-corrected chi connectivity index (χ0v) is 12.3. The summed E-state index contributed by atoms with van der Waals surface area (Å²) in [5.41, 5.74) is 1.39. The lowest BCUT2D eigenvalue weighted by molar-refractivity contribution is -0.141. The quantitative estimate of drug-likeness (QED) is 0.929. The van der Waals surface area contributed by atoms with Crippen molar-refractivity contribution in [1.29, 1.82) is 0 Å². The number of para-hydroxylation sites is 1.